The number of hydrogen-bond acceptors (Lipinski definition) is 4. The molecule has 0 saturated carbocycles. The molecule has 1 atom stereocenters. The molecule has 2 N–H and O–H groups in total. The Hall–Kier alpha value is -1.86. The fraction of sp³-hybridized carbons (Fsp3) is 0.188. The second-order valence-corrected chi connectivity index (χ2v) is 8.13. The van der Waals surface area contributed by atoms with Gasteiger partial charge in [0.15, 0.2) is 9.84 Å². The molecule has 0 aliphatic heterocycles. The van der Waals surface area contributed by atoms with Gasteiger partial charge in [0.25, 0.3) is 5.91 Å². The Balaban J connectivity index is 2.17. The minimum atomic E-state index is -3.25. The fourth-order valence-corrected chi connectivity index (χ4v) is 3.04. The summed E-state index contributed by atoms with van der Waals surface area (Å²) in [6.45, 7) is 1.78. The van der Waals surface area contributed by atoms with Gasteiger partial charge in [0.1, 0.15) is 5.75 Å². The van der Waals surface area contributed by atoms with E-state index < -0.39 is 15.7 Å². The first-order chi connectivity index (χ1) is 10.7. The summed E-state index contributed by atoms with van der Waals surface area (Å²) in [5, 5.41) is 12.5. The van der Waals surface area contributed by atoms with Gasteiger partial charge in [0, 0.05) is 10.7 Å². The summed E-state index contributed by atoms with van der Waals surface area (Å²) >= 11 is 3.25. The first-order valence-corrected chi connectivity index (χ1v) is 9.46. The van der Waals surface area contributed by atoms with Gasteiger partial charge in [0.05, 0.1) is 16.5 Å². The summed E-state index contributed by atoms with van der Waals surface area (Å²) in [5.74, 6) is -0.520. The smallest absolute Gasteiger partial charge is 0.255 e. The lowest BCUT2D eigenvalue weighted by Crippen LogP contribution is -2.26. The summed E-state index contributed by atoms with van der Waals surface area (Å²) < 4.78 is 23.6. The minimum absolute atomic E-state index is 0.106. The van der Waals surface area contributed by atoms with Crippen molar-refractivity contribution >= 4 is 31.7 Å². The molecule has 122 valence electrons. The van der Waals surface area contributed by atoms with Gasteiger partial charge in [-0.25, -0.2) is 8.42 Å². The average molecular weight is 398 g/mol. The molecule has 0 bridgehead atoms. The van der Waals surface area contributed by atoms with Crippen molar-refractivity contribution in [1.29, 1.82) is 0 Å². The van der Waals surface area contributed by atoms with Crippen LogP contribution in [0, 0.1) is 0 Å². The predicted molar refractivity (Wildman–Crippen MR) is 91.2 cm³/mol. The second kappa shape index (κ2) is 6.72. The second-order valence-electron chi connectivity index (χ2n) is 5.20. The number of rotatable bonds is 4. The van der Waals surface area contributed by atoms with E-state index in [0.717, 1.165) is 11.8 Å². The van der Waals surface area contributed by atoms with Crippen LogP contribution in [0.25, 0.3) is 0 Å². The molecule has 0 heterocycles. The van der Waals surface area contributed by atoms with Gasteiger partial charge in [-0.1, -0.05) is 28.1 Å². The highest BCUT2D eigenvalue weighted by Crippen LogP contribution is 2.23. The Labute approximate surface area is 143 Å². The van der Waals surface area contributed by atoms with Crippen LogP contribution < -0.4 is 5.32 Å². The van der Waals surface area contributed by atoms with Crippen LogP contribution in [-0.2, 0) is 9.84 Å². The van der Waals surface area contributed by atoms with E-state index in [9.17, 15) is 18.3 Å². The fourth-order valence-electron chi connectivity index (χ4n) is 2.05. The third-order valence-electron chi connectivity index (χ3n) is 3.36. The number of halogens is 1. The van der Waals surface area contributed by atoms with Crippen molar-refractivity contribution < 1.29 is 18.3 Å². The molecule has 0 saturated heterocycles. The lowest BCUT2D eigenvalue weighted by atomic mass is 10.1. The normalized spacial score (nSPS) is 12.7. The number of carbonyl (C=O) groups is 1. The maximum absolute atomic E-state index is 12.2. The molecule has 2 aromatic carbocycles. The summed E-state index contributed by atoms with van der Waals surface area (Å²) in [4.78, 5) is 12.5. The third-order valence-corrected chi connectivity index (χ3v) is 4.98. The minimum Gasteiger partial charge on any atom is -0.507 e. The van der Waals surface area contributed by atoms with Crippen molar-refractivity contribution in [2.24, 2.45) is 0 Å². The molecule has 0 radical (unpaired) electrons. The molecular formula is C16H16BrNO4S. The van der Waals surface area contributed by atoms with E-state index in [-0.39, 0.29) is 22.3 Å². The molecule has 0 aliphatic rings. The quantitative estimate of drug-likeness (QED) is 0.830. The molecule has 5 nitrogen and oxygen atoms in total. The molecule has 0 aromatic heterocycles. The van der Waals surface area contributed by atoms with Gasteiger partial charge in [-0.05, 0) is 42.8 Å². The lowest BCUT2D eigenvalue weighted by Gasteiger charge is -2.15. The van der Waals surface area contributed by atoms with Crippen LogP contribution in [0.15, 0.2) is 51.8 Å². The van der Waals surface area contributed by atoms with Crippen LogP contribution >= 0.6 is 15.9 Å². The average Bonchev–Trinajstić information content (AvgIpc) is 2.48. The van der Waals surface area contributed by atoms with Crippen LogP contribution in [0.1, 0.15) is 28.9 Å². The summed E-state index contributed by atoms with van der Waals surface area (Å²) in [6.07, 6.45) is 1.14. The standard InChI is InChI=1S/C16H16BrNO4S/c1-10(11-3-6-13(7-4-11)23(2,21)22)18-16(20)14-9-12(17)5-8-15(14)19/h3-10,19H,1-2H3,(H,18,20). The summed E-state index contributed by atoms with van der Waals surface area (Å²) in [6, 6.07) is 10.6. The van der Waals surface area contributed by atoms with E-state index in [2.05, 4.69) is 21.2 Å². The number of amides is 1. The molecule has 0 aliphatic carbocycles. The Kier molecular flexibility index (Phi) is 5.11. The number of sulfone groups is 1. The largest absolute Gasteiger partial charge is 0.507 e. The van der Waals surface area contributed by atoms with Gasteiger partial charge < -0.3 is 10.4 Å². The van der Waals surface area contributed by atoms with Gasteiger partial charge >= 0.3 is 0 Å². The van der Waals surface area contributed by atoms with E-state index in [1.165, 1.54) is 24.3 Å². The number of aromatic hydroxyl groups is 1. The number of carbonyl (C=O) groups excluding carboxylic acids is 1. The van der Waals surface area contributed by atoms with Crippen molar-refractivity contribution in [2.75, 3.05) is 6.26 Å². The third kappa shape index (κ3) is 4.33. The van der Waals surface area contributed by atoms with Crippen molar-refractivity contribution in [3.05, 3.63) is 58.1 Å². The van der Waals surface area contributed by atoms with E-state index in [1.807, 2.05) is 0 Å². The van der Waals surface area contributed by atoms with Crippen LogP contribution in [-0.4, -0.2) is 25.7 Å². The highest BCUT2D eigenvalue weighted by atomic mass is 79.9. The zero-order valence-corrected chi connectivity index (χ0v) is 15.0. The monoisotopic (exact) mass is 397 g/mol. The molecule has 23 heavy (non-hydrogen) atoms. The highest BCUT2D eigenvalue weighted by molar-refractivity contribution is 9.10. The van der Waals surface area contributed by atoms with Gasteiger partial charge in [-0.3, -0.25) is 4.79 Å². The van der Waals surface area contributed by atoms with Crippen LogP contribution in [0.5, 0.6) is 5.75 Å². The number of hydrogen-bond donors (Lipinski definition) is 2. The summed E-state index contributed by atoms with van der Waals surface area (Å²) in [7, 11) is -3.25. The summed E-state index contributed by atoms with van der Waals surface area (Å²) in [5.41, 5.74) is 0.930. The maximum Gasteiger partial charge on any atom is 0.255 e. The molecule has 2 aromatic rings. The van der Waals surface area contributed by atoms with Crippen molar-refractivity contribution in [2.45, 2.75) is 17.9 Å². The number of nitrogens with one attached hydrogen (secondary N) is 1. The SMILES string of the molecule is CC(NC(=O)c1cc(Br)ccc1O)c1ccc(S(C)(=O)=O)cc1. The molecule has 0 spiro atoms. The number of phenolic OH excluding ortho intramolecular Hbond substituents is 1. The maximum atomic E-state index is 12.2. The van der Waals surface area contributed by atoms with Gasteiger partial charge in [-0.15, -0.1) is 0 Å². The molecular weight excluding hydrogens is 382 g/mol. The molecule has 7 heteroatoms. The van der Waals surface area contributed by atoms with Gasteiger partial charge in [0.2, 0.25) is 0 Å². The van der Waals surface area contributed by atoms with Crippen molar-refractivity contribution in [3.8, 4) is 5.75 Å². The van der Waals surface area contributed by atoms with Crippen LogP contribution in [0.2, 0.25) is 0 Å². The van der Waals surface area contributed by atoms with E-state index in [1.54, 1.807) is 25.1 Å². The highest BCUT2D eigenvalue weighted by Gasteiger charge is 2.16. The van der Waals surface area contributed by atoms with Crippen LogP contribution in [0.3, 0.4) is 0 Å². The Bertz CT molecular complexity index is 832. The number of benzene rings is 2. The van der Waals surface area contributed by atoms with E-state index >= 15 is 0 Å². The number of phenols is 1. The van der Waals surface area contributed by atoms with Gasteiger partial charge in [-0.2, -0.15) is 0 Å². The van der Waals surface area contributed by atoms with Crippen molar-refractivity contribution in [1.82, 2.24) is 5.32 Å². The van der Waals surface area contributed by atoms with E-state index in [0.29, 0.717) is 4.47 Å². The zero-order chi connectivity index (χ0) is 17.2. The Morgan fingerprint density at radius 2 is 1.78 bits per heavy atom. The predicted octanol–water partition coefficient (Wildman–Crippen LogP) is 3.05. The lowest BCUT2D eigenvalue weighted by molar-refractivity contribution is 0.0937. The molecule has 2 rings (SSSR count). The molecule has 1 unspecified atom stereocenters. The molecule has 0 fully saturated rings. The molecule has 1 amide bonds. The topological polar surface area (TPSA) is 83.5 Å². The Morgan fingerprint density at radius 3 is 2.35 bits per heavy atom. The van der Waals surface area contributed by atoms with Crippen LogP contribution in [0.4, 0.5) is 0 Å². The van der Waals surface area contributed by atoms with Crippen molar-refractivity contribution in [3.63, 3.8) is 0 Å². The Morgan fingerprint density at radius 1 is 1.17 bits per heavy atom. The first-order valence-electron chi connectivity index (χ1n) is 6.78. The van der Waals surface area contributed by atoms with E-state index in [4.69, 9.17) is 0 Å². The zero-order valence-electron chi connectivity index (χ0n) is 12.6. The first kappa shape index (κ1) is 17.5.